The maximum Gasteiger partial charge on any atom is -1.00 e. The van der Waals surface area contributed by atoms with E-state index in [1.807, 2.05) is 0 Å². The van der Waals surface area contributed by atoms with Crippen molar-refractivity contribution < 1.29 is 57.7 Å². The van der Waals surface area contributed by atoms with Crippen LogP contribution in [0.5, 0.6) is 0 Å². The van der Waals surface area contributed by atoms with E-state index < -0.39 is 13.1 Å². The summed E-state index contributed by atoms with van der Waals surface area (Å²) in [5.41, 5.74) is 27.6. The normalized spacial score (nSPS) is 14.3. The molecule has 0 saturated heterocycles. The molecule has 9 aromatic rings. The molecule has 10 rings (SSSR count). The summed E-state index contributed by atoms with van der Waals surface area (Å²) in [6.45, 7) is 24.5. The van der Waals surface area contributed by atoms with E-state index in [9.17, 15) is 0 Å². The van der Waals surface area contributed by atoms with Gasteiger partial charge in [-0.3, -0.25) is 0 Å². The topological polar surface area (TPSA) is 0 Å². The van der Waals surface area contributed by atoms with Crippen LogP contribution >= 0.6 is 0 Å². The molecular formula is C69H63Cl3SiTi. The van der Waals surface area contributed by atoms with E-state index in [4.69, 9.17) is 0 Å². The molecule has 74 heavy (non-hydrogen) atoms. The van der Waals surface area contributed by atoms with E-state index in [0.717, 1.165) is 0 Å². The van der Waals surface area contributed by atoms with Gasteiger partial charge >= 0.3 is 439 Å². The van der Waals surface area contributed by atoms with Gasteiger partial charge in [-0.25, -0.2) is 0 Å². The van der Waals surface area contributed by atoms with Crippen molar-refractivity contribution >= 4 is 23.6 Å². The molecule has 0 bridgehead atoms. The maximum atomic E-state index is 2.70. The van der Waals surface area contributed by atoms with Crippen molar-refractivity contribution in [2.45, 2.75) is 74.3 Å². The number of rotatable bonds is 10. The quantitative estimate of drug-likeness (QED) is 0.0965. The van der Waals surface area contributed by atoms with E-state index in [0.29, 0.717) is 0 Å². The van der Waals surface area contributed by atoms with E-state index in [2.05, 4.69) is 290 Å². The predicted molar refractivity (Wildman–Crippen MR) is 304 cm³/mol. The predicted octanol–water partition coefficient (Wildman–Crippen LogP) is 7.95. The third kappa shape index (κ3) is 8.98. The molecule has 0 fully saturated rings. The minimum Gasteiger partial charge on any atom is -1.00 e. The Morgan fingerprint density at radius 3 is 0.757 bits per heavy atom. The molecule has 9 aromatic carbocycles. The SMILES string of the molecule is CC1=C(C)C(C)([Si](c2cc(-c3ccccc3)c(-c3ccccc3)c(C)c2C)(c2cc(-c3ccccc3)c(-c3ccccc3)c(C)c2C)c2cc(-c3ccccc3)c(-c3ccccc3)c(C)c2C)[C]([Ti+3])=C1C.[Cl-].[Cl-].[Cl-]. The monoisotopic (exact) mass is 1070 g/mol. The van der Waals surface area contributed by atoms with Crippen LogP contribution in [0.2, 0.25) is 5.04 Å². The van der Waals surface area contributed by atoms with Crippen LogP contribution in [0.1, 0.15) is 61.1 Å². The van der Waals surface area contributed by atoms with Crippen molar-refractivity contribution in [1.29, 1.82) is 0 Å². The Hall–Kier alpha value is -5.74. The molecule has 0 aromatic heterocycles. The largest absolute Gasteiger partial charge is 1.00 e. The molecule has 0 N–H and O–H groups in total. The second-order valence-electron chi connectivity index (χ2n) is 20.1. The molecule has 0 nitrogen and oxygen atoms in total. The van der Waals surface area contributed by atoms with Gasteiger partial charge in [-0.1, -0.05) is 0 Å². The van der Waals surface area contributed by atoms with Crippen molar-refractivity contribution in [2.75, 3.05) is 0 Å². The first-order chi connectivity index (χ1) is 34.3. The summed E-state index contributed by atoms with van der Waals surface area (Å²) in [7, 11) is -3.53. The summed E-state index contributed by atoms with van der Waals surface area (Å²) in [5.74, 6) is 0. The zero-order chi connectivity index (χ0) is 49.8. The molecule has 0 amide bonds. The average Bonchev–Trinajstić information content (AvgIpc) is 3.56. The van der Waals surface area contributed by atoms with Gasteiger partial charge < -0.3 is 37.2 Å². The molecule has 1 unspecified atom stereocenters. The fraction of sp³-hybridized carbons (Fsp3) is 0.159. The van der Waals surface area contributed by atoms with Gasteiger partial charge in [0.15, 0.2) is 0 Å². The van der Waals surface area contributed by atoms with Crippen molar-refractivity contribution in [1.82, 2.24) is 0 Å². The van der Waals surface area contributed by atoms with Crippen LogP contribution < -0.4 is 52.8 Å². The van der Waals surface area contributed by atoms with Crippen LogP contribution in [-0.4, -0.2) is 8.07 Å². The zero-order valence-corrected chi connectivity index (χ0v) is 49.0. The Kier molecular flexibility index (Phi) is 17.1. The van der Waals surface area contributed by atoms with Gasteiger partial charge in [0, 0.05) is 0 Å². The summed E-state index contributed by atoms with van der Waals surface area (Å²) in [5, 5.41) is 4.01. The van der Waals surface area contributed by atoms with E-state index >= 15 is 0 Å². The Bertz CT molecular complexity index is 3190. The number of hydrogen-bond donors (Lipinski definition) is 0. The molecule has 368 valence electrons. The smallest absolute Gasteiger partial charge is 1.00 e. The van der Waals surface area contributed by atoms with Crippen LogP contribution in [0.15, 0.2) is 221 Å². The molecule has 0 aliphatic heterocycles. The fourth-order valence-electron chi connectivity index (χ4n) is 12.5. The van der Waals surface area contributed by atoms with Gasteiger partial charge in [-0.15, -0.1) is 0 Å². The van der Waals surface area contributed by atoms with Crippen molar-refractivity contribution in [3.63, 3.8) is 0 Å². The number of hydrogen-bond acceptors (Lipinski definition) is 0. The first-order valence-electron chi connectivity index (χ1n) is 25.2. The first kappa shape index (κ1) is 56.0. The van der Waals surface area contributed by atoms with Crippen LogP contribution in [0.3, 0.4) is 0 Å². The van der Waals surface area contributed by atoms with Crippen molar-refractivity contribution in [3.8, 4) is 66.8 Å². The summed E-state index contributed by atoms with van der Waals surface area (Å²) in [6.07, 6.45) is 0. The molecule has 5 heteroatoms. The zero-order valence-electron chi connectivity index (χ0n) is 44.2. The Morgan fingerprint density at radius 1 is 0.311 bits per heavy atom. The molecule has 0 radical (unpaired) electrons. The van der Waals surface area contributed by atoms with E-state index in [1.165, 1.54) is 136 Å². The average molecular weight is 1070 g/mol. The minimum absolute atomic E-state index is 0. The van der Waals surface area contributed by atoms with Gasteiger partial charge in [0.2, 0.25) is 0 Å². The second-order valence-corrected chi connectivity index (χ2v) is 25.0. The summed E-state index contributed by atoms with van der Waals surface area (Å²) in [6, 6.07) is 75.1. The van der Waals surface area contributed by atoms with Crippen molar-refractivity contribution in [2.24, 2.45) is 0 Å². The maximum absolute atomic E-state index is 3.53. The van der Waals surface area contributed by atoms with Crippen LogP contribution in [0.4, 0.5) is 0 Å². The Morgan fingerprint density at radius 2 is 0.541 bits per heavy atom. The van der Waals surface area contributed by atoms with Gasteiger partial charge in [0.1, 0.15) is 0 Å². The molecular weight excluding hydrogens is 1010 g/mol. The Labute approximate surface area is 472 Å². The van der Waals surface area contributed by atoms with Crippen LogP contribution in [0, 0.1) is 41.5 Å². The second kappa shape index (κ2) is 22.6. The molecule has 0 spiro atoms. The summed E-state index contributed by atoms with van der Waals surface area (Å²) < 4.78 is 1.47. The number of halogens is 3. The van der Waals surface area contributed by atoms with Gasteiger partial charge in [0.25, 0.3) is 0 Å². The minimum atomic E-state index is -3.53. The third-order valence-electron chi connectivity index (χ3n) is 16.9. The van der Waals surface area contributed by atoms with Crippen LogP contribution in [-0.2, 0) is 20.4 Å². The number of allylic oxidation sites excluding steroid dienone is 4. The van der Waals surface area contributed by atoms with Crippen molar-refractivity contribution in [3.05, 3.63) is 254 Å². The third-order valence-corrected chi connectivity index (χ3v) is 24.7. The molecule has 1 atom stereocenters. The first-order valence-corrected chi connectivity index (χ1v) is 28.0. The molecule has 1 aliphatic rings. The van der Waals surface area contributed by atoms with E-state index in [-0.39, 0.29) is 37.2 Å². The fourth-order valence-corrected chi connectivity index (χ4v) is 21.1. The Balaban J connectivity index is 0.00000267. The van der Waals surface area contributed by atoms with Gasteiger partial charge in [0.05, 0.1) is 0 Å². The standard InChI is InChI=1S/C69H63Si.3ClH.Ti/c1-45-44-69(10,53(9)46(45)2)70(63-41-60(54-29-17-11-18-30-54)66(50(6)47(63)3)57-35-23-14-24-36-57,64-42-61(55-31-19-12-20-32-55)67(51(7)48(64)4)58-37-25-15-26-38-58)65-43-62(56-33-21-13-22-34-56)68(52(8)49(65)5)59-39-27-16-28-40-59;;;;/h11-43H,1-10H3;3*1H;/q;;;;+3/p-3. The molecule has 1 aliphatic carbocycles. The molecule has 0 heterocycles. The van der Waals surface area contributed by atoms with Gasteiger partial charge in [-0.2, -0.15) is 0 Å². The summed E-state index contributed by atoms with van der Waals surface area (Å²) >= 11 is 2.48. The summed E-state index contributed by atoms with van der Waals surface area (Å²) in [4.78, 5) is 0. The number of benzene rings is 9. The van der Waals surface area contributed by atoms with E-state index in [1.54, 1.807) is 0 Å². The van der Waals surface area contributed by atoms with Crippen LogP contribution in [0.25, 0.3) is 66.8 Å². The van der Waals surface area contributed by atoms with Gasteiger partial charge in [-0.05, 0) is 0 Å². The molecule has 0 saturated carbocycles.